The molecule has 144 valence electrons. The number of amides is 2. The molecule has 6 nitrogen and oxygen atoms in total. The Morgan fingerprint density at radius 1 is 1.07 bits per heavy atom. The van der Waals surface area contributed by atoms with Crippen LogP contribution in [0.2, 0.25) is 10.0 Å². The molecule has 0 atom stereocenters. The lowest BCUT2D eigenvalue weighted by atomic mass is 10.2. The summed E-state index contributed by atoms with van der Waals surface area (Å²) in [6.45, 7) is 0.300. The zero-order valence-corrected chi connectivity index (χ0v) is 17.5. The largest absolute Gasteiger partial charge is 0.496 e. The maximum absolute atomic E-state index is 12.0. The maximum Gasteiger partial charge on any atom is 0.269 e. The molecular formula is C18H17BrCl2N2O4. The number of hydrazine groups is 1. The number of hydrogen-bond acceptors (Lipinski definition) is 4. The van der Waals surface area contributed by atoms with Crippen LogP contribution in [-0.2, 0) is 4.79 Å². The van der Waals surface area contributed by atoms with Gasteiger partial charge < -0.3 is 9.47 Å². The first kappa shape index (κ1) is 21.3. The number of hydrogen-bond donors (Lipinski definition) is 2. The first-order valence-electron chi connectivity index (χ1n) is 7.91. The Morgan fingerprint density at radius 3 is 2.48 bits per heavy atom. The lowest BCUT2D eigenvalue weighted by Gasteiger charge is -2.10. The van der Waals surface area contributed by atoms with Crippen molar-refractivity contribution in [3.8, 4) is 11.5 Å². The second-order valence-electron chi connectivity index (χ2n) is 5.38. The van der Waals surface area contributed by atoms with E-state index in [0.717, 1.165) is 0 Å². The van der Waals surface area contributed by atoms with Crippen molar-refractivity contribution >= 4 is 50.9 Å². The van der Waals surface area contributed by atoms with Crippen LogP contribution in [0.5, 0.6) is 11.5 Å². The Kier molecular flexibility index (Phi) is 8.22. The van der Waals surface area contributed by atoms with Crippen LogP contribution in [0.25, 0.3) is 0 Å². The minimum absolute atomic E-state index is 0.178. The molecule has 0 aliphatic heterocycles. The highest BCUT2D eigenvalue weighted by molar-refractivity contribution is 9.10. The van der Waals surface area contributed by atoms with Gasteiger partial charge in [-0.1, -0.05) is 23.2 Å². The van der Waals surface area contributed by atoms with Crippen LogP contribution < -0.4 is 20.3 Å². The molecule has 2 aromatic rings. The first-order valence-corrected chi connectivity index (χ1v) is 9.46. The third-order valence-corrected chi connectivity index (χ3v) is 4.58. The van der Waals surface area contributed by atoms with E-state index in [9.17, 15) is 9.59 Å². The van der Waals surface area contributed by atoms with Crippen molar-refractivity contribution in [3.05, 3.63) is 56.5 Å². The molecule has 2 amide bonds. The summed E-state index contributed by atoms with van der Waals surface area (Å²) in [4.78, 5) is 23.9. The fourth-order valence-electron chi connectivity index (χ4n) is 2.08. The highest BCUT2D eigenvalue weighted by Crippen LogP contribution is 2.27. The SMILES string of the molecule is COc1ccc(C(=O)NNC(=O)CCCOc2ccc(Cl)cc2Cl)cc1Br. The van der Waals surface area contributed by atoms with Gasteiger partial charge in [-0.3, -0.25) is 20.4 Å². The number of methoxy groups -OCH3 is 1. The average Bonchev–Trinajstić information content (AvgIpc) is 2.64. The quantitative estimate of drug-likeness (QED) is 0.460. The summed E-state index contributed by atoms with van der Waals surface area (Å²) in [5.41, 5.74) is 5.10. The van der Waals surface area contributed by atoms with Crippen LogP contribution in [-0.4, -0.2) is 25.5 Å². The van der Waals surface area contributed by atoms with E-state index >= 15 is 0 Å². The average molecular weight is 476 g/mol. The van der Waals surface area contributed by atoms with Gasteiger partial charge in [-0.15, -0.1) is 0 Å². The Hall–Kier alpha value is -1.96. The monoisotopic (exact) mass is 474 g/mol. The van der Waals surface area contributed by atoms with Gasteiger partial charge in [-0.05, 0) is 58.7 Å². The molecule has 0 aliphatic carbocycles. The molecule has 0 saturated heterocycles. The molecule has 0 aromatic heterocycles. The number of nitrogens with one attached hydrogen (secondary N) is 2. The fourth-order valence-corrected chi connectivity index (χ4v) is 3.08. The smallest absolute Gasteiger partial charge is 0.269 e. The number of halogens is 3. The minimum atomic E-state index is -0.434. The summed E-state index contributed by atoms with van der Waals surface area (Å²) in [6, 6.07) is 9.76. The van der Waals surface area contributed by atoms with E-state index in [1.165, 1.54) is 7.11 Å². The lowest BCUT2D eigenvalue weighted by molar-refractivity contribution is -0.122. The van der Waals surface area contributed by atoms with E-state index in [2.05, 4.69) is 26.8 Å². The molecule has 0 heterocycles. The van der Waals surface area contributed by atoms with Crippen LogP contribution >= 0.6 is 39.1 Å². The lowest BCUT2D eigenvalue weighted by Crippen LogP contribution is -2.41. The van der Waals surface area contributed by atoms with Crippen LogP contribution in [0, 0.1) is 0 Å². The van der Waals surface area contributed by atoms with Gasteiger partial charge in [0.05, 0.1) is 23.2 Å². The van der Waals surface area contributed by atoms with E-state index in [4.69, 9.17) is 32.7 Å². The predicted octanol–water partition coefficient (Wildman–Crippen LogP) is 4.38. The van der Waals surface area contributed by atoms with Crippen LogP contribution in [0.3, 0.4) is 0 Å². The van der Waals surface area contributed by atoms with Crippen molar-refractivity contribution in [1.29, 1.82) is 0 Å². The first-order chi connectivity index (χ1) is 12.9. The van der Waals surface area contributed by atoms with Gasteiger partial charge in [0, 0.05) is 17.0 Å². The van der Waals surface area contributed by atoms with Crippen molar-refractivity contribution in [2.24, 2.45) is 0 Å². The minimum Gasteiger partial charge on any atom is -0.496 e. The molecule has 0 saturated carbocycles. The molecule has 0 bridgehead atoms. The summed E-state index contributed by atoms with van der Waals surface area (Å²) >= 11 is 15.1. The van der Waals surface area contributed by atoms with Crippen molar-refractivity contribution in [1.82, 2.24) is 10.9 Å². The summed E-state index contributed by atoms with van der Waals surface area (Å²) in [5.74, 6) is 0.342. The normalized spacial score (nSPS) is 10.2. The van der Waals surface area contributed by atoms with Crippen LogP contribution in [0.4, 0.5) is 0 Å². The molecule has 9 heteroatoms. The molecule has 0 spiro atoms. The fraction of sp³-hybridized carbons (Fsp3) is 0.222. The highest BCUT2D eigenvalue weighted by atomic mass is 79.9. The third-order valence-electron chi connectivity index (χ3n) is 3.43. The number of benzene rings is 2. The van der Waals surface area contributed by atoms with Crippen molar-refractivity contribution < 1.29 is 19.1 Å². The molecule has 0 fully saturated rings. The van der Waals surface area contributed by atoms with Gasteiger partial charge in [0.1, 0.15) is 11.5 Å². The second-order valence-corrected chi connectivity index (χ2v) is 7.08. The molecule has 0 unspecified atom stereocenters. The van der Waals surface area contributed by atoms with Crippen LogP contribution in [0.15, 0.2) is 40.9 Å². The Morgan fingerprint density at radius 2 is 1.81 bits per heavy atom. The van der Waals surface area contributed by atoms with E-state index in [1.807, 2.05) is 0 Å². The molecule has 2 aromatic carbocycles. The second kappa shape index (κ2) is 10.4. The van der Waals surface area contributed by atoms with Crippen molar-refractivity contribution in [3.63, 3.8) is 0 Å². The van der Waals surface area contributed by atoms with E-state index in [1.54, 1.807) is 36.4 Å². The van der Waals surface area contributed by atoms with Crippen molar-refractivity contribution in [2.45, 2.75) is 12.8 Å². The third kappa shape index (κ3) is 6.61. The Bertz CT molecular complexity index is 833. The van der Waals surface area contributed by atoms with Gasteiger partial charge in [-0.2, -0.15) is 0 Å². The summed E-state index contributed by atoms with van der Waals surface area (Å²) < 4.78 is 11.2. The zero-order chi connectivity index (χ0) is 19.8. The zero-order valence-electron chi connectivity index (χ0n) is 14.4. The Labute approximate surface area is 175 Å². The molecule has 2 rings (SSSR count). The van der Waals surface area contributed by atoms with Gasteiger partial charge in [0.25, 0.3) is 5.91 Å². The number of carbonyl (C=O) groups is 2. The molecule has 0 aliphatic rings. The predicted molar refractivity (Wildman–Crippen MR) is 107 cm³/mol. The number of carbonyl (C=O) groups excluding carboxylic acids is 2. The summed E-state index contributed by atoms with van der Waals surface area (Å²) in [5, 5.41) is 0.927. The van der Waals surface area contributed by atoms with Gasteiger partial charge >= 0.3 is 0 Å². The van der Waals surface area contributed by atoms with E-state index in [0.29, 0.717) is 44.6 Å². The molecule has 2 N–H and O–H groups in total. The number of ether oxygens (including phenoxy) is 2. The topological polar surface area (TPSA) is 76.7 Å². The summed E-state index contributed by atoms with van der Waals surface area (Å²) in [7, 11) is 1.53. The standard InChI is InChI=1S/C18H17BrCl2N2O4/c1-26-15-6-4-11(9-13(15)19)18(25)23-22-17(24)3-2-8-27-16-7-5-12(20)10-14(16)21/h4-7,9-10H,2-3,8H2,1H3,(H,22,24)(H,23,25). The van der Waals surface area contributed by atoms with Crippen molar-refractivity contribution in [2.75, 3.05) is 13.7 Å². The highest BCUT2D eigenvalue weighted by Gasteiger charge is 2.10. The van der Waals surface area contributed by atoms with E-state index in [-0.39, 0.29) is 12.3 Å². The Balaban J connectivity index is 1.71. The van der Waals surface area contributed by atoms with E-state index < -0.39 is 5.91 Å². The molecule has 27 heavy (non-hydrogen) atoms. The van der Waals surface area contributed by atoms with Gasteiger partial charge in [0.15, 0.2) is 0 Å². The molecule has 0 radical (unpaired) electrons. The van der Waals surface area contributed by atoms with Gasteiger partial charge in [-0.25, -0.2) is 0 Å². The summed E-state index contributed by atoms with van der Waals surface area (Å²) in [6.07, 6.45) is 0.631. The maximum atomic E-state index is 12.0. The van der Waals surface area contributed by atoms with Gasteiger partial charge in [0.2, 0.25) is 5.91 Å². The molecular weight excluding hydrogens is 459 g/mol. The number of rotatable bonds is 7. The van der Waals surface area contributed by atoms with Crippen LogP contribution in [0.1, 0.15) is 23.2 Å².